The number of nitrogens with one attached hydrogen (secondary N) is 1. The van der Waals surface area contributed by atoms with Gasteiger partial charge in [-0.2, -0.15) is 18.3 Å². The van der Waals surface area contributed by atoms with Crippen molar-refractivity contribution in [3.05, 3.63) is 77.2 Å². The number of halogens is 3. The molecule has 4 aromatic rings. The molecule has 2 aromatic heterocycles. The summed E-state index contributed by atoms with van der Waals surface area (Å²) in [6.45, 7) is 0. The van der Waals surface area contributed by atoms with Crippen LogP contribution in [-0.4, -0.2) is 25.7 Å². The van der Waals surface area contributed by atoms with Gasteiger partial charge in [-0.25, -0.2) is 9.97 Å². The Hall–Kier alpha value is -3.95. The molecule has 4 rings (SSSR count). The average molecular weight is 426 g/mol. The number of amides is 1. The van der Waals surface area contributed by atoms with Crippen molar-refractivity contribution in [1.29, 1.82) is 0 Å². The Balaban J connectivity index is 1.47. The van der Waals surface area contributed by atoms with Crippen molar-refractivity contribution in [3.63, 3.8) is 0 Å². The van der Waals surface area contributed by atoms with Gasteiger partial charge in [0.25, 0.3) is 5.91 Å². The highest BCUT2D eigenvalue weighted by molar-refractivity contribution is 6.04. The molecule has 0 aliphatic rings. The molecule has 2 aromatic carbocycles. The summed E-state index contributed by atoms with van der Waals surface area (Å²) in [6, 6.07) is 11.1. The maximum absolute atomic E-state index is 12.7. The minimum absolute atomic E-state index is 0.132. The summed E-state index contributed by atoms with van der Waals surface area (Å²) in [5.74, 6) is -0.143. The van der Waals surface area contributed by atoms with E-state index in [0.717, 1.165) is 35.5 Å². The molecule has 0 saturated carbocycles. The van der Waals surface area contributed by atoms with E-state index in [-0.39, 0.29) is 5.56 Å². The van der Waals surface area contributed by atoms with Crippen molar-refractivity contribution < 1.29 is 18.0 Å². The molecule has 0 aliphatic carbocycles. The SMILES string of the molecule is Cn1nc(Cc2ccc(NC(=O)c3ccc(C(F)(F)F)cc3)cc2)c2c(N)ncnc21. The second-order valence-electron chi connectivity index (χ2n) is 6.93. The molecule has 0 unspecified atom stereocenters. The van der Waals surface area contributed by atoms with Gasteiger partial charge in [-0.3, -0.25) is 9.48 Å². The highest BCUT2D eigenvalue weighted by Gasteiger charge is 2.30. The normalized spacial score (nSPS) is 11.6. The average Bonchev–Trinajstić information content (AvgIpc) is 3.05. The number of alkyl halides is 3. The third-order valence-corrected chi connectivity index (χ3v) is 4.78. The van der Waals surface area contributed by atoms with Crippen molar-refractivity contribution in [3.8, 4) is 0 Å². The Bertz CT molecular complexity index is 1250. The molecule has 158 valence electrons. The van der Waals surface area contributed by atoms with E-state index in [9.17, 15) is 18.0 Å². The zero-order valence-corrected chi connectivity index (χ0v) is 16.3. The first-order valence-corrected chi connectivity index (χ1v) is 9.22. The highest BCUT2D eigenvalue weighted by Crippen LogP contribution is 2.29. The molecule has 10 heteroatoms. The van der Waals surface area contributed by atoms with Crippen LogP contribution >= 0.6 is 0 Å². The van der Waals surface area contributed by atoms with Crippen molar-refractivity contribution in [2.45, 2.75) is 12.6 Å². The maximum atomic E-state index is 12.7. The van der Waals surface area contributed by atoms with Gasteiger partial charge in [-0.15, -0.1) is 0 Å². The maximum Gasteiger partial charge on any atom is 0.416 e. The van der Waals surface area contributed by atoms with Gasteiger partial charge in [-0.1, -0.05) is 12.1 Å². The number of aryl methyl sites for hydroxylation is 1. The molecule has 31 heavy (non-hydrogen) atoms. The quantitative estimate of drug-likeness (QED) is 0.517. The topological polar surface area (TPSA) is 98.7 Å². The predicted molar refractivity (Wildman–Crippen MR) is 109 cm³/mol. The lowest BCUT2D eigenvalue weighted by atomic mass is 10.1. The number of anilines is 2. The summed E-state index contributed by atoms with van der Waals surface area (Å²) >= 11 is 0. The molecule has 3 N–H and O–H groups in total. The third-order valence-electron chi connectivity index (χ3n) is 4.78. The third kappa shape index (κ3) is 4.18. The van der Waals surface area contributed by atoms with E-state index < -0.39 is 17.6 Å². The van der Waals surface area contributed by atoms with Gasteiger partial charge in [-0.05, 0) is 42.0 Å². The summed E-state index contributed by atoms with van der Waals surface area (Å²) in [5.41, 5.74) is 8.12. The van der Waals surface area contributed by atoms with Crippen LogP contribution in [0.25, 0.3) is 11.0 Å². The van der Waals surface area contributed by atoms with Crippen LogP contribution in [0.1, 0.15) is 27.2 Å². The van der Waals surface area contributed by atoms with Gasteiger partial charge >= 0.3 is 6.18 Å². The van der Waals surface area contributed by atoms with Crippen LogP contribution in [-0.2, 0) is 19.6 Å². The fourth-order valence-electron chi connectivity index (χ4n) is 3.23. The number of nitrogen functional groups attached to an aromatic ring is 1. The van der Waals surface area contributed by atoms with Crippen LogP contribution in [0.15, 0.2) is 54.9 Å². The Labute approximate surface area is 174 Å². The van der Waals surface area contributed by atoms with Crippen LogP contribution in [0.5, 0.6) is 0 Å². The summed E-state index contributed by atoms with van der Waals surface area (Å²) in [5, 5.41) is 7.83. The summed E-state index contributed by atoms with van der Waals surface area (Å²) in [4.78, 5) is 20.5. The van der Waals surface area contributed by atoms with Crippen LogP contribution in [0.3, 0.4) is 0 Å². The fraction of sp³-hybridized carbons (Fsp3) is 0.143. The number of hydrogen-bond donors (Lipinski definition) is 2. The molecule has 0 saturated heterocycles. The fourth-order valence-corrected chi connectivity index (χ4v) is 3.23. The molecule has 2 heterocycles. The second-order valence-corrected chi connectivity index (χ2v) is 6.93. The number of benzene rings is 2. The van der Waals surface area contributed by atoms with Gasteiger partial charge in [0.15, 0.2) is 5.65 Å². The minimum Gasteiger partial charge on any atom is -0.383 e. The van der Waals surface area contributed by atoms with E-state index in [0.29, 0.717) is 29.0 Å². The van der Waals surface area contributed by atoms with Crippen molar-refractivity contribution in [2.75, 3.05) is 11.1 Å². The number of rotatable bonds is 4. The zero-order valence-electron chi connectivity index (χ0n) is 16.3. The van der Waals surface area contributed by atoms with Crippen molar-refractivity contribution >= 4 is 28.4 Å². The molecule has 0 spiro atoms. The monoisotopic (exact) mass is 426 g/mol. The van der Waals surface area contributed by atoms with Gasteiger partial charge in [0, 0.05) is 24.7 Å². The molecule has 0 bridgehead atoms. The van der Waals surface area contributed by atoms with Crippen LogP contribution < -0.4 is 11.1 Å². The Morgan fingerprint density at radius 1 is 1.06 bits per heavy atom. The standard InChI is InChI=1S/C21H17F3N6O/c1-30-19-17(18(25)26-11-27-19)16(29-30)10-12-2-8-15(9-3-12)28-20(31)13-4-6-14(7-5-13)21(22,23)24/h2-9,11H,10H2,1H3,(H,28,31)(H2,25,26,27). The minimum atomic E-state index is -4.44. The molecular formula is C21H17F3N6O. The number of hydrogen-bond acceptors (Lipinski definition) is 5. The van der Waals surface area contributed by atoms with Gasteiger partial charge in [0.2, 0.25) is 0 Å². The number of nitrogens with two attached hydrogens (primary N) is 1. The summed E-state index contributed by atoms with van der Waals surface area (Å²) < 4.78 is 39.6. The second kappa shape index (κ2) is 7.71. The number of nitrogens with zero attached hydrogens (tertiary/aromatic N) is 4. The zero-order chi connectivity index (χ0) is 22.2. The van der Waals surface area contributed by atoms with E-state index in [4.69, 9.17) is 5.73 Å². The summed E-state index contributed by atoms with van der Waals surface area (Å²) in [7, 11) is 1.78. The molecule has 0 atom stereocenters. The number of aromatic nitrogens is 4. The van der Waals surface area contributed by atoms with E-state index in [1.54, 1.807) is 23.9 Å². The Morgan fingerprint density at radius 2 is 1.74 bits per heavy atom. The van der Waals surface area contributed by atoms with E-state index in [1.807, 2.05) is 12.1 Å². The molecule has 0 aliphatic heterocycles. The van der Waals surface area contributed by atoms with Crippen molar-refractivity contribution in [1.82, 2.24) is 19.7 Å². The lowest BCUT2D eigenvalue weighted by Gasteiger charge is -2.09. The van der Waals surface area contributed by atoms with E-state index in [2.05, 4.69) is 20.4 Å². The largest absolute Gasteiger partial charge is 0.416 e. The van der Waals surface area contributed by atoms with E-state index in [1.165, 1.54) is 6.33 Å². The Kier molecular flexibility index (Phi) is 5.05. The van der Waals surface area contributed by atoms with Gasteiger partial charge in [0.1, 0.15) is 12.1 Å². The van der Waals surface area contributed by atoms with Gasteiger partial charge in [0.05, 0.1) is 16.6 Å². The Morgan fingerprint density at radius 3 is 2.39 bits per heavy atom. The smallest absolute Gasteiger partial charge is 0.383 e. The lowest BCUT2D eigenvalue weighted by molar-refractivity contribution is -0.137. The molecule has 0 fully saturated rings. The molecule has 7 nitrogen and oxygen atoms in total. The van der Waals surface area contributed by atoms with E-state index >= 15 is 0 Å². The molecular weight excluding hydrogens is 409 g/mol. The van der Waals surface area contributed by atoms with Crippen LogP contribution in [0, 0.1) is 0 Å². The predicted octanol–water partition coefficient (Wildman–Crippen LogP) is 3.81. The first-order chi connectivity index (χ1) is 14.7. The lowest BCUT2D eigenvalue weighted by Crippen LogP contribution is -2.12. The first kappa shape index (κ1) is 20.3. The number of carbonyl (C=O) groups is 1. The van der Waals surface area contributed by atoms with Crippen molar-refractivity contribution in [2.24, 2.45) is 7.05 Å². The molecule has 1 amide bonds. The number of carbonyl (C=O) groups excluding carboxylic acids is 1. The van der Waals surface area contributed by atoms with Crippen LogP contribution in [0.4, 0.5) is 24.7 Å². The highest BCUT2D eigenvalue weighted by atomic mass is 19.4. The summed E-state index contributed by atoms with van der Waals surface area (Å²) in [6.07, 6.45) is -2.57. The molecule has 0 radical (unpaired) electrons. The van der Waals surface area contributed by atoms with Crippen LogP contribution in [0.2, 0.25) is 0 Å². The van der Waals surface area contributed by atoms with Gasteiger partial charge < -0.3 is 11.1 Å². The first-order valence-electron chi connectivity index (χ1n) is 9.22. The number of fused-ring (bicyclic) bond motifs is 1.